The van der Waals surface area contributed by atoms with E-state index in [-0.39, 0.29) is 24.9 Å². The second-order valence-corrected chi connectivity index (χ2v) is 5.59. The van der Waals surface area contributed by atoms with Crippen LogP contribution in [0.3, 0.4) is 0 Å². The molecule has 1 saturated heterocycles. The van der Waals surface area contributed by atoms with Gasteiger partial charge < -0.3 is 10.0 Å². The number of imide groups is 1. The number of carboxylic acids is 1. The lowest BCUT2D eigenvalue weighted by Crippen LogP contribution is -2.52. The van der Waals surface area contributed by atoms with Gasteiger partial charge in [0.05, 0.1) is 18.5 Å². The van der Waals surface area contributed by atoms with Gasteiger partial charge in [-0.3, -0.25) is 19.7 Å². The zero-order valence-electron chi connectivity index (χ0n) is 11.5. The van der Waals surface area contributed by atoms with Gasteiger partial charge in [-0.05, 0) is 24.5 Å². The molecule has 1 heterocycles. The van der Waals surface area contributed by atoms with Crippen molar-refractivity contribution in [1.29, 1.82) is 0 Å². The van der Waals surface area contributed by atoms with Gasteiger partial charge in [0.2, 0.25) is 11.8 Å². The summed E-state index contributed by atoms with van der Waals surface area (Å²) in [6, 6.07) is 7.17. The molecule has 2 N–H and O–H groups in total. The Morgan fingerprint density at radius 3 is 2.29 bits per heavy atom. The SMILES string of the molecule is O=C1CN(c2ccccc2C2(C(=O)O)CCC2)CC(=O)N1. The molecule has 1 aliphatic heterocycles. The Kier molecular flexibility index (Phi) is 3.16. The van der Waals surface area contributed by atoms with E-state index in [1.807, 2.05) is 0 Å². The molecular weight excluding hydrogens is 272 g/mol. The molecule has 3 rings (SSSR count). The number of amides is 2. The van der Waals surface area contributed by atoms with Crippen molar-refractivity contribution in [1.82, 2.24) is 5.32 Å². The van der Waals surface area contributed by atoms with Crippen LogP contribution >= 0.6 is 0 Å². The average molecular weight is 288 g/mol. The molecule has 1 aliphatic carbocycles. The van der Waals surface area contributed by atoms with Gasteiger partial charge in [0.15, 0.2) is 0 Å². The molecule has 6 heteroatoms. The van der Waals surface area contributed by atoms with Crippen molar-refractivity contribution in [2.24, 2.45) is 0 Å². The smallest absolute Gasteiger partial charge is 0.314 e. The van der Waals surface area contributed by atoms with E-state index < -0.39 is 11.4 Å². The molecule has 2 fully saturated rings. The first-order chi connectivity index (χ1) is 10.0. The van der Waals surface area contributed by atoms with Crippen molar-refractivity contribution in [3.63, 3.8) is 0 Å². The average Bonchev–Trinajstić information content (AvgIpc) is 2.36. The number of piperazine rings is 1. The summed E-state index contributed by atoms with van der Waals surface area (Å²) in [7, 11) is 0. The number of carbonyl (C=O) groups is 3. The Hall–Kier alpha value is -2.37. The topological polar surface area (TPSA) is 86.7 Å². The van der Waals surface area contributed by atoms with E-state index >= 15 is 0 Å². The first-order valence-corrected chi connectivity index (χ1v) is 6.93. The zero-order chi connectivity index (χ0) is 15.0. The number of nitrogens with zero attached hydrogens (tertiary/aromatic N) is 1. The van der Waals surface area contributed by atoms with Crippen LogP contribution in [0.2, 0.25) is 0 Å². The lowest BCUT2D eigenvalue weighted by Gasteiger charge is -2.41. The number of rotatable bonds is 3. The Morgan fingerprint density at radius 1 is 1.14 bits per heavy atom. The summed E-state index contributed by atoms with van der Waals surface area (Å²) in [6.07, 6.45) is 2.06. The number of hydrogen-bond acceptors (Lipinski definition) is 4. The summed E-state index contributed by atoms with van der Waals surface area (Å²) in [5.41, 5.74) is 0.488. The summed E-state index contributed by atoms with van der Waals surface area (Å²) >= 11 is 0. The molecule has 21 heavy (non-hydrogen) atoms. The maximum absolute atomic E-state index is 11.7. The number of anilines is 1. The highest BCUT2D eigenvalue weighted by atomic mass is 16.4. The van der Waals surface area contributed by atoms with Gasteiger partial charge in [0, 0.05) is 5.69 Å². The number of benzene rings is 1. The third-order valence-electron chi connectivity index (χ3n) is 4.32. The van der Waals surface area contributed by atoms with Crippen molar-refractivity contribution >= 4 is 23.5 Å². The van der Waals surface area contributed by atoms with Crippen molar-refractivity contribution in [3.8, 4) is 0 Å². The fraction of sp³-hybridized carbons (Fsp3) is 0.400. The fourth-order valence-electron chi connectivity index (χ4n) is 3.09. The molecule has 0 radical (unpaired) electrons. The van der Waals surface area contributed by atoms with E-state index in [1.165, 1.54) is 0 Å². The molecule has 0 bridgehead atoms. The molecule has 6 nitrogen and oxygen atoms in total. The molecule has 2 amide bonds. The maximum atomic E-state index is 11.7. The maximum Gasteiger partial charge on any atom is 0.314 e. The standard InChI is InChI=1S/C15H16N2O4/c18-12-8-17(9-13(19)16-12)11-5-2-1-4-10(11)15(14(20)21)6-3-7-15/h1-2,4-5H,3,6-9H2,(H,20,21)(H,16,18,19). The van der Waals surface area contributed by atoms with Crippen LogP contribution in [0.4, 0.5) is 5.69 Å². The van der Waals surface area contributed by atoms with Gasteiger partial charge in [0.1, 0.15) is 0 Å². The minimum atomic E-state index is -0.881. The quantitative estimate of drug-likeness (QED) is 0.798. The molecule has 1 saturated carbocycles. The van der Waals surface area contributed by atoms with Crippen LogP contribution < -0.4 is 10.2 Å². The Balaban J connectivity index is 2.02. The summed E-state index contributed by atoms with van der Waals surface area (Å²) in [5.74, 6) is -1.56. The molecule has 0 atom stereocenters. The molecule has 1 aromatic carbocycles. The van der Waals surface area contributed by atoms with Gasteiger partial charge in [-0.15, -0.1) is 0 Å². The van der Waals surface area contributed by atoms with Gasteiger partial charge in [-0.1, -0.05) is 24.6 Å². The predicted octanol–water partition coefficient (Wildman–Crippen LogP) is 0.656. The molecule has 2 aliphatic rings. The molecule has 0 spiro atoms. The number of aliphatic carboxylic acids is 1. The van der Waals surface area contributed by atoms with Crippen LogP contribution in [0, 0.1) is 0 Å². The minimum absolute atomic E-state index is 0.0679. The summed E-state index contributed by atoms with van der Waals surface area (Å²) in [6.45, 7) is 0.136. The van der Waals surface area contributed by atoms with Crippen LogP contribution in [-0.2, 0) is 19.8 Å². The number of carbonyl (C=O) groups excluding carboxylic acids is 2. The number of carboxylic acid groups (broad SMARTS) is 1. The highest BCUT2D eigenvalue weighted by Crippen LogP contribution is 2.47. The lowest BCUT2D eigenvalue weighted by molar-refractivity contribution is -0.147. The highest BCUT2D eigenvalue weighted by molar-refractivity contribution is 6.03. The molecule has 1 aromatic rings. The third kappa shape index (κ3) is 2.16. The van der Waals surface area contributed by atoms with E-state index in [1.54, 1.807) is 29.2 Å². The Morgan fingerprint density at radius 2 is 1.76 bits per heavy atom. The molecular formula is C15H16N2O4. The monoisotopic (exact) mass is 288 g/mol. The van der Waals surface area contributed by atoms with E-state index in [9.17, 15) is 19.5 Å². The van der Waals surface area contributed by atoms with Crippen LogP contribution in [0.15, 0.2) is 24.3 Å². The summed E-state index contributed by atoms with van der Waals surface area (Å²) in [4.78, 5) is 36.4. The van der Waals surface area contributed by atoms with E-state index in [2.05, 4.69) is 5.32 Å². The van der Waals surface area contributed by atoms with Gasteiger partial charge in [-0.2, -0.15) is 0 Å². The fourth-order valence-corrected chi connectivity index (χ4v) is 3.09. The second-order valence-electron chi connectivity index (χ2n) is 5.59. The summed E-state index contributed by atoms with van der Waals surface area (Å²) < 4.78 is 0. The molecule has 110 valence electrons. The lowest BCUT2D eigenvalue weighted by atomic mass is 9.64. The summed E-state index contributed by atoms with van der Waals surface area (Å²) in [5, 5.41) is 11.9. The van der Waals surface area contributed by atoms with Crippen molar-refractivity contribution in [3.05, 3.63) is 29.8 Å². The van der Waals surface area contributed by atoms with Gasteiger partial charge >= 0.3 is 5.97 Å². The normalized spacial score (nSPS) is 20.7. The third-order valence-corrected chi connectivity index (χ3v) is 4.32. The van der Waals surface area contributed by atoms with Crippen LogP contribution in [-0.4, -0.2) is 36.0 Å². The van der Waals surface area contributed by atoms with Crippen molar-refractivity contribution in [2.45, 2.75) is 24.7 Å². The Labute approximate surface area is 121 Å². The van der Waals surface area contributed by atoms with E-state index in [0.717, 1.165) is 6.42 Å². The number of nitrogens with one attached hydrogen (secondary N) is 1. The number of hydrogen-bond donors (Lipinski definition) is 2. The predicted molar refractivity (Wildman–Crippen MR) is 75.0 cm³/mol. The largest absolute Gasteiger partial charge is 0.481 e. The highest BCUT2D eigenvalue weighted by Gasteiger charge is 2.47. The van der Waals surface area contributed by atoms with Gasteiger partial charge in [0.25, 0.3) is 0 Å². The van der Waals surface area contributed by atoms with Crippen LogP contribution in [0.1, 0.15) is 24.8 Å². The van der Waals surface area contributed by atoms with Crippen molar-refractivity contribution in [2.75, 3.05) is 18.0 Å². The number of para-hydroxylation sites is 1. The first-order valence-electron chi connectivity index (χ1n) is 6.93. The zero-order valence-corrected chi connectivity index (χ0v) is 11.5. The first kappa shape index (κ1) is 13.6. The van der Waals surface area contributed by atoms with Gasteiger partial charge in [-0.25, -0.2) is 0 Å². The Bertz CT molecular complexity index is 606. The van der Waals surface area contributed by atoms with Crippen LogP contribution in [0.5, 0.6) is 0 Å². The van der Waals surface area contributed by atoms with Crippen molar-refractivity contribution < 1.29 is 19.5 Å². The molecule has 0 unspecified atom stereocenters. The molecule has 0 aromatic heterocycles. The van der Waals surface area contributed by atoms with Crippen LogP contribution in [0.25, 0.3) is 0 Å². The van der Waals surface area contributed by atoms with E-state index in [4.69, 9.17) is 0 Å². The second kappa shape index (κ2) is 4.87. The van der Waals surface area contributed by atoms with E-state index in [0.29, 0.717) is 24.1 Å². The minimum Gasteiger partial charge on any atom is -0.481 e.